The van der Waals surface area contributed by atoms with Crippen LogP contribution in [0.1, 0.15) is 5.76 Å². The standard InChI is InChI=1S/C13H10ClN3O5/c1-21-13(18)16-15-7-9-3-5-12(22-9)10-4-2-8(14)6-11(10)17(19)20/h2-7H,1H3,(H,16,18)/b15-7-. The quantitative estimate of drug-likeness (QED) is 0.528. The Morgan fingerprint density at radius 1 is 1.45 bits per heavy atom. The predicted molar refractivity (Wildman–Crippen MR) is 78.9 cm³/mol. The van der Waals surface area contributed by atoms with E-state index in [0.717, 1.165) is 0 Å². The van der Waals surface area contributed by atoms with Crippen LogP contribution < -0.4 is 5.43 Å². The molecule has 0 bridgehead atoms. The molecule has 2 rings (SSSR count). The van der Waals surface area contributed by atoms with Crippen LogP contribution in [-0.4, -0.2) is 24.3 Å². The molecule has 8 nitrogen and oxygen atoms in total. The molecule has 0 atom stereocenters. The van der Waals surface area contributed by atoms with E-state index in [4.69, 9.17) is 16.0 Å². The van der Waals surface area contributed by atoms with Crippen LogP contribution in [-0.2, 0) is 4.74 Å². The van der Waals surface area contributed by atoms with Gasteiger partial charge in [-0.3, -0.25) is 10.1 Å². The monoisotopic (exact) mass is 323 g/mol. The van der Waals surface area contributed by atoms with Gasteiger partial charge in [0.1, 0.15) is 11.5 Å². The molecule has 0 saturated heterocycles. The number of hydrazone groups is 1. The zero-order valence-electron chi connectivity index (χ0n) is 11.3. The average Bonchev–Trinajstić information content (AvgIpc) is 2.95. The maximum Gasteiger partial charge on any atom is 0.427 e. The molecule has 2 aromatic rings. The van der Waals surface area contributed by atoms with Crippen LogP contribution in [0.4, 0.5) is 10.5 Å². The zero-order valence-corrected chi connectivity index (χ0v) is 12.0. The topological polar surface area (TPSA) is 107 Å². The fraction of sp³-hybridized carbons (Fsp3) is 0.0769. The fourth-order valence-electron chi connectivity index (χ4n) is 1.63. The lowest BCUT2D eigenvalue weighted by Crippen LogP contribution is -2.16. The van der Waals surface area contributed by atoms with Gasteiger partial charge in [-0.05, 0) is 24.3 Å². The van der Waals surface area contributed by atoms with Gasteiger partial charge in [0.05, 0.1) is 23.8 Å². The number of nitrogens with zero attached hydrogens (tertiary/aromatic N) is 2. The minimum atomic E-state index is -0.726. The number of nitro groups is 1. The van der Waals surface area contributed by atoms with E-state index in [1.165, 1.54) is 31.5 Å². The lowest BCUT2D eigenvalue weighted by Gasteiger charge is -2.00. The number of ether oxygens (including phenoxy) is 1. The van der Waals surface area contributed by atoms with Crippen LogP contribution in [0, 0.1) is 10.1 Å². The zero-order chi connectivity index (χ0) is 16.1. The summed E-state index contributed by atoms with van der Waals surface area (Å²) in [7, 11) is 1.20. The van der Waals surface area contributed by atoms with E-state index in [1.807, 2.05) is 0 Å². The number of carbonyl (C=O) groups is 1. The number of halogens is 1. The molecule has 114 valence electrons. The summed E-state index contributed by atoms with van der Waals surface area (Å²) in [5, 5.41) is 14.9. The molecular weight excluding hydrogens is 314 g/mol. The number of benzene rings is 1. The van der Waals surface area contributed by atoms with E-state index in [1.54, 1.807) is 12.1 Å². The van der Waals surface area contributed by atoms with Crippen LogP contribution in [0.25, 0.3) is 11.3 Å². The van der Waals surface area contributed by atoms with Crippen molar-refractivity contribution in [3.05, 3.63) is 51.2 Å². The summed E-state index contributed by atoms with van der Waals surface area (Å²) in [4.78, 5) is 21.3. The SMILES string of the molecule is COC(=O)N/N=C\c1ccc(-c2ccc(Cl)cc2[N+](=O)[O-])o1. The smallest absolute Gasteiger partial charge is 0.427 e. The number of carbonyl (C=O) groups excluding carboxylic acids is 1. The Kier molecular flexibility index (Phi) is 4.74. The summed E-state index contributed by atoms with van der Waals surface area (Å²) < 4.78 is 9.76. The Labute approximate surface area is 129 Å². The molecule has 0 saturated carbocycles. The van der Waals surface area contributed by atoms with E-state index in [0.29, 0.717) is 5.76 Å². The van der Waals surface area contributed by atoms with E-state index in [9.17, 15) is 14.9 Å². The molecule has 0 unspecified atom stereocenters. The minimum absolute atomic E-state index is 0.168. The normalized spacial score (nSPS) is 10.6. The maximum absolute atomic E-state index is 11.1. The number of hydrogen-bond donors (Lipinski definition) is 1. The molecule has 0 aliphatic carbocycles. The summed E-state index contributed by atoms with van der Waals surface area (Å²) in [5.41, 5.74) is 2.21. The molecule has 1 N–H and O–H groups in total. The van der Waals surface area contributed by atoms with Crippen LogP contribution in [0.15, 0.2) is 39.9 Å². The molecule has 9 heteroatoms. The summed E-state index contributed by atoms with van der Waals surface area (Å²) in [5.74, 6) is 0.582. The van der Waals surface area contributed by atoms with E-state index < -0.39 is 11.0 Å². The van der Waals surface area contributed by atoms with Gasteiger partial charge >= 0.3 is 6.09 Å². The van der Waals surface area contributed by atoms with Crippen molar-refractivity contribution in [3.63, 3.8) is 0 Å². The van der Waals surface area contributed by atoms with Crippen molar-refractivity contribution < 1.29 is 18.9 Å². The molecule has 1 heterocycles. The predicted octanol–water partition coefficient (Wildman–Crippen LogP) is 3.20. The van der Waals surface area contributed by atoms with Gasteiger partial charge in [0.15, 0.2) is 0 Å². The van der Waals surface area contributed by atoms with Gasteiger partial charge in [-0.2, -0.15) is 5.10 Å². The molecule has 0 spiro atoms. The lowest BCUT2D eigenvalue weighted by molar-refractivity contribution is -0.384. The number of nitrogens with one attached hydrogen (secondary N) is 1. The average molecular weight is 324 g/mol. The first-order valence-corrected chi connectivity index (χ1v) is 6.30. The maximum atomic E-state index is 11.1. The first-order chi connectivity index (χ1) is 10.5. The molecule has 22 heavy (non-hydrogen) atoms. The Hall–Kier alpha value is -2.87. The van der Waals surface area contributed by atoms with E-state index >= 15 is 0 Å². The van der Waals surface area contributed by atoms with Gasteiger partial charge in [-0.1, -0.05) is 11.6 Å². The molecule has 0 aliphatic rings. The summed E-state index contributed by atoms with van der Waals surface area (Å²) in [6.07, 6.45) is 0.513. The molecule has 0 fully saturated rings. The van der Waals surface area contributed by atoms with Gasteiger partial charge in [-0.25, -0.2) is 10.2 Å². The lowest BCUT2D eigenvalue weighted by atomic mass is 10.1. The number of nitro benzene ring substituents is 1. The van der Waals surface area contributed by atoms with Crippen LogP contribution in [0.5, 0.6) is 0 Å². The summed E-state index contributed by atoms with van der Waals surface area (Å²) in [6.45, 7) is 0. The molecule has 1 aromatic carbocycles. The van der Waals surface area contributed by atoms with Crippen LogP contribution in [0.3, 0.4) is 0 Å². The second kappa shape index (κ2) is 6.72. The summed E-state index contributed by atoms with van der Waals surface area (Å²) >= 11 is 5.76. The first kappa shape index (κ1) is 15.5. The van der Waals surface area contributed by atoms with Crippen molar-refractivity contribution in [3.8, 4) is 11.3 Å². The third-order valence-electron chi connectivity index (χ3n) is 2.58. The second-order valence-corrected chi connectivity index (χ2v) is 4.42. The van der Waals surface area contributed by atoms with Crippen molar-refractivity contribution in [2.24, 2.45) is 5.10 Å². The Bertz CT molecular complexity index is 741. The Balaban J connectivity index is 2.25. The van der Waals surface area contributed by atoms with Crippen molar-refractivity contribution in [2.75, 3.05) is 7.11 Å². The summed E-state index contributed by atoms with van der Waals surface area (Å²) in [6, 6.07) is 7.36. The van der Waals surface area contributed by atoms with E-state index in [-0.39, 0.29) is 22.0 Å². The van der Waals surface area contributed by atoms with Crippen molar-refractivity contribution in [1.29, 1.82) is 0 Å². The molecule has 1 aromatic heterocycles. The fourth-order valence-corrected chi connectivity index (χ4v) is 1.79. The highest BCUT2D eigenvalue weighted by Gasteiger charge is 2.18. The van der Waals surface area contributed by atoms with Gasteiger partial charge in [0.25, 0.3) is 5.69 Å². The highest BCUT2D eigenvalue weighted by atomic mass is 35.5. The Morgan fingerprint density at radius 3 is 2.91 bits per heavy atom. The Morgan fingerprint density at radius 2 is 2.23 bits per heavy atom. The van der Waals surface area contributed by atoms with Crippen molar-refractivity contribution in [2.45, 2.75) is 0 Å². The highest BCUT2D eigenvalue weighted by molar-refractivity contribution is 6.30. The van der Waals surface area contributed by atoms with Crippen molar-refractivity contribution in [1.82, 2.24) is 5.43 Å². The number of methoxy groups -OCH3 is 1. The molecular formula is C13H10ClN3O5. The number of amides is 1. The van der Waals surface area contributed by atoms with Gasteiger partial charge in [-0.15, -0.1) is 0 Å². The first-order valence-electron chi connectivity index (χ1n) is 5.92. The molecule has 0 radical (unpaired) electrons. The van der Waals surface area contributed by atoms with Crippen LogP contribution in [0.2, 0.25) is 5.02 Å². The van der Waals surface area contributed by atoms with Gasteiger partial charge < -0.3 is 9.15 Å². The molecule has 1 amide bonds. The van der Waals surface area contributed by atoms with Crippen LogP contribution >= 0.6 is 11.6 Å². The second-order valence-electron chi connectivity index (χ2n) is 3.98. The molecule has 0 aliphatic heterocycles. The van der Waals surface area contributed by atoms with E-state index in [2.05, 4.69) is 15.3 Å². The number of hydrogen-bond acceptors (Lipinski definition) is 6. The minimum Gasteiger partial charge on any atom is -0.455 e. The third kappa shape index (κ3) is 3.61. The number of rotatable bonds is 4. The third-order valence-corrected chi connectivity index (χ3v) is 2.82. The van der Waals surface area contributed by atoms with Gasteiger partial charge in [0.2, 0.25) is 0 Å². The van der Waals surface area contributed by atoms with Crippen molar-refractivity contribution >= 4 is 29.6 Å². The van der Waals surface area contributed by atoms with Gasteiger partial charge in [0, 0.05) is 11.1 Å². The number of furan rings is 1. The highest BCUT2D eigenvalue weighted by Crippen LogP contribution is 2.33. The largest absolute Gasteiger partial charge is 0.455 e.